The third-order valence-corrected chi connectivity index (χ3v) is 12.7. The number of nitro groups is 1. The zero-order valence-corrected chi connectivity index (χ0v) is 29.9. The molecule has 0 aliphatic carbocycles. The number of sulfonamides is 1. The van der Waals surface area contributed by atoms with Crippen LogP contribution in [0.3, 0.4) is 0 Å². The third kappa shape index (κ3) is 8.59. The summed E-state index contributed by atoms with van der Waals surface area (Å²) >= 11 is 1.42. The Morgan fingerprint density at radius 1 is 0.900 bits per heavy atom. The topological polar surface area (TPSA) is 119 Å². The highest BCUT2D eigenvalue weighted by atomic mass is 32.2. The van der Waals surface area contributed by atoms with Crippen LogP contribution in [-0.2, 0) is 16.6 Å². The number of piperazine rings is 1. The van der Waals surface area contributed by atoms with Gasteiger partial charge in [-0.15, -0.1) is 11.3 Å². The van der Waals surface area contributed by atoms with Crippen molar-refractivity contribution in [1.82, 2.24) is 19.4 Å². The van der Waals surface area contributed by atoms with Gasteiger partial charge in [0.2, 0.25) is 10.0 Å². The van der Waals surface area contributed by atoms with E-state index in [0.717, 1.165) is 43.2 Å². The molecule has 0 unspecified atom stereocenters. The number of thiophene rings is 1. The Morgan fingerprint density at radius 3 is 2.28 bits per heavy atom. The van der Waals surface area contributed by atoms with Crippen molar-refractivity contribution < 1.29 is 18.1 Å². The SMILES string of the molecule is CN1CCN(c2ccc(-c3ccc(C(=O)NCCCN(C4CCN(Cc5ccccc5)CC4)S(=O)(=O)c4ccccc4[N+](=O)[O-])s3)cc2)CC1. The maximum absolute atomic E-state index is 14.1. The van der Waals surface area contributed by atoms with Crippen LogP contribution in [-0.4, -0.2) is 98.8 Å². The number of anilines is 1. The molecule has 0 saturated carbocycles. The van der Waals surface area contributed by atoms with Crippen LogP contribution in [0.1, 0.15) is 34.5 Å². The number of hydrogen-bond donors (Lipinski definition) is 1. The first-order valence-electron chi connectivity index (χ1n) is 17.1. The Hall–Kier alpha value is -4.14. The first-order chi connectivity index (χ1) is 24.2. The minimum atomic E-state index is -4.19. The molecule has 264 valence electrons. The van der Waals surface area contributed by atoms with E-state index in [2.05, 4.69) is 63.5 Å². The average molecular weight is 717 g/mol. The molecule has 4 aromatic rings. The zero-order chi connectivity index (χ0) is 35.1. The molecular formula is C37H44N6O5S2. The molecule has 2 fully saturated rings. The van der Waals surface area contributed by atoms with Crippen LogP contribution in [0.4, 0.5) is 11.4 Å². The molecule has 0 radical (unpaired) electrons. The number of hydrogen-bond acceptors (Lipinski definition) is 9. The Morgan fingerprint density at radius 2 is 1.58 bits per heavy atom. The number of amides is 1. The second kappa shape index (κ2) is 16.3. The van der Waals surface area contributed by atoms with Gasteiger partial charge in [0, 0.05) is 81.6 Å². The van der Waals surface area contributed by atoms with E-state index in [0.29, 0.717) is 37.2 Å². The molecule has 0 atom stereocenters. The van der Waals surface area contributed by atoms with Gasteiger partial charge in [-0.3, -0.25) is 19.8 Å². The fourth-order valence-corrected chi connectivity index (χ4v) is 9.51. The molecule has 11 nitrogen and oxygen atoms in total. The molecule has 1 aromatic heterocycles. The molecule has 50 heavy (non-hydrogen) atoms. The number of para-hydroxylation sites is 1. The summed E-state index contributed by atoms with van der Waals surface area (Å²) < 4.78 is 29.5. The number of nitro benzene ring substituents is 1. The molecule has 0 spiro atoms. The van der Waals surface area contributed by atoms with Crippen LogP contribution in [0.2, 0.25) is 0 Å². The largest absolute Gasteiger partial charge is 0.369 e. The number of piperidine rings is 1. The fraction of sp³-hybridized carbons (Fsp3) is 0.378. The lowest BCUT2D eigenvalue weighted by atomic mass is 10.0. The maximum Gasteiger partial charge on any atom is 0.289 e. The van der Waals surface area contributed by atoms with Crippen LogP contribution in [0, 0.1) is 10.1 Å². The van der Waals surface area contributed by atoms with Gasteiger partial charge in [0.05, 0.1) is 9.80 Å². The Bertz CT molecular complexity index is 1850. The highest BCUT2D eigenvalue weighted by molar-refractivity contribution is 7.89. The third-order valence-electron chi connectivity index (χ3n) is 9.55. The molecule has 2 saturated heterocycles. The van der Waals surface area contributed by atoms with Crippen molar-refractivity contribution in [2.75, 3.05) is 64.3 Å². The number of rotatable bonds is 13. The predicted molar refractivity (Wildman–Crippen MR) is 198 cm³/mol. The van der Waals surface area contributed by atoms with Gasteiger partial charge in [-0.2, -0.15) is 4.31 Å². The Balaban J connectivity index is 1.08. The maximum atomic E-state index is 14.1. The van der Waals surface area contributed by atoms with E-state index in [4.69, 9.17) is 0 Å². The van der Waals surface area contributed by atoms with Crippen LogP contribution < -0.4 is 10.2 Å². The first-order valence-corrected chi connectivity index (χ1v) is 19.4. The number of carbonyl (C=O) groups is 1. The molecule has 1 N–H and O–H groups in total. The van der Waals surface area contributed by atoms with E-state index >= 15 is 0 Å². The summed E-state index contributed by atoms with van der Waals surface area (Å²) in [7, 11) is -2.05. The smallest absolute Gasteiger partial charge is 0.289 e. The summed E-state index contributed by atoms with van der Waals surface area (Å²) in [5.74, 6) is -0.211. The molecule has 3 heterocycles. The van der Waals surface area contributed by atoms with E-state index in [1.165, 1.54) is 51.2 Å². The van der Waals surface area contributed by atoms with Gasteiger partial charge in [0.15, 0.2) is 4.90 Å². The fourth-order valence-electron chi connectivity index (χ4n) is 6.70. The summed E-state index contributed by atoms with van der Waals surface area (Å²) in [4.78, 5) is 32.6. The minimum absolute atomic E-state index is 0.132. The second-order valence-corrected chi connectivity index (χ2v) is 15.9. The molecule has 2 aliphatic heterocycles. The first kappa shape index (κ1) is 35.7. The van der Waals surface area contributed by atoms with E-state index in [-0.39, 0.29) is 29.9 Å². The van der Waals surface area contributed by atoms with Crippen LogP contribution in [0.15, 0.2) is 95.9 Å². The van der Waals surface area contributed by atoms with Crippen molar-refractivity contribution >= 4 is 38.6 Å². The molecule has 0 bridgehead atoms. The number of carbonyl (C=O) groups excluding carboxylic acids is 1. The molecule has 1 amide bonds. The van der Waals surface area contributed by atoms with Gasteiger partial charge < -0.3 is 15.1 Å². The standard InChI is InChI=1S/C37H44N6O5S2/c1-39-24-26-41(27-25-39)31-14-12-30(13-15-31)34-16-17-35(49-34)37(44)38-20-7-21-42(50(47,48)36-11-6-5-10-33(36)43(45)46)32-18-22-40(23-19-32)28-29-8-3-2-4-9-29/h2-6,8-17,32H,7,18-28H2,1H3,(H,38,44). The summed E-state index contributed by atoms with van der Waals surface area (Å²) in [5.41, 5.74) is 3.02. The lowest BCUT2D eigenvalue weighted by molar-refractivity contribution is -0.387. The molecule has 6 rings (SSSR count). The number of nitrogens with zero attached hydrogens (tertiary/aromatic N) is 5. The summed E-state index contributed by atoms with van der Waals surface area (Å²) in [6, 6.07) is 27.6. The monoisotopic (exact) mass is 716 g/mol. The van der Waals surface area contributed by atoms with E-state index in [9.17, 15) is 23.3 Å². The van der Waals surface area contributed by atoms with Crippen molar-refractivity contribution in [2.24, 2.45) is 0 Å². The number of nitrogens with one attached hydrogen (secondary N) is 1. The van der Waals surface area contributed by atoms with Gasteiger partial charge >= 0.3 is 0 Å². The number of benzene rings is 3. The van der Waals surface area contributed by atoms with Gasteiger partial charge in [-0.25, -0.2) is 8.42 Å². The van der Waals surface area contributed by atoms with Gasteiger partial charge in [-0.1, -0.05) is 54.6 Å². The summed E-state index contributed by atoms with van der Waals surface area (Å²) in [6.45, 7) is 6.69. The second-order valence-electron chi connectivity index (χ2n) is 12.9. The average Bonchev–Trinajstić information content (AvgIpc) is 3.64. The van der Waals surface area contributed by atoms with Gasteiger partial charge in [-0.05, 0) is 67.8 Å². The summed E-state index contributed by atoms with van der Waals surface area (Å²) in [6.07, 6.45) is 1.57. The van der Waals surface area contributed by atoms with Crippen LogP contribution in [0.5, 0.6) is 0 Å². The van der Waals surface area contributed by atoms with Crippen molar-refractivity contribution in [1.29, 1.82) is 0 Å². The van der Waals surface area contributed by atoms with Crippen molar-refractivity contribution in [3.05, 3.63) is 112 Å². The Labute approximate surface area is 298 Å². The Kier molecular flexibility index (Phi) is 11.6. The molecular weight excluding hydrogens is 673 g/mol. The van der Waals surface area contributed by atoms with Crippen LogP contribution >= 0.6 is 11.3 Å². The highest BCUT2D eigenvalue weighted by Gasteiger charge is 2.37. The number of likely N-dealkylation sites (N-methyl/N-ethyl adjacent to an activating group) is 1. The van der Waals surface area contributed by atoms with Crippen LogP contribution in [0.25, 0.3) is 10.4 Å². The van der Waals surface area contributed by atoms with Crippen molar-refractivity contribution in [2.45, 2.75) is 36.7 Å². The molecule has 2 aliphatic rings. The van der Waals surface area contributed by atoms with E-state index in [1.807, 2.05) is 30.3 Å². The minimum Gasteiger partial charge on any atom is -0.369 e. The normalized spacial score (nSPS) is 16.5. The van der Waals surface area contributed by atoms with E-state index < -0.39 is 20.6 Å². The van der Waals surface area contributed by atoms with Crippen molar-refractivity contribution in [3.63, 3.8) is 0 Å². The molecule has 3 aromatic carbocycles. The zero-order valence-electron chi connectivity index (χ0n) is 28.3. The molecule has 13 heteroatoms. The number of likely N-dealkylation sites (tertiary alicyclic amines) is 1. The van der Waals surface area contributed by atoms with E-state index in [1.54, 1.807) is 0 Å². The predicted octanol–water partition coefficient (Wildman–Crippen LogP) is 5.55. The quantitative estimate of drug-likeness (QED) is 0.109. The lowest BCUT2D eigenvalue weighted by Gasteiger charge is -2.37. The lowest BCUT2D eigenvalue weighted by Crippen LogP contribution is -2.48. The highest BCUT2D eigenvalue weighted by Crippen LogP contribution is 2.32. The van der Waals surface area contributed by atoms with Crippen molar-refractivity contribution in [3.8, 4) is 10.4 Å². The van der Waals surface area contributed by atoms with Gasteiger partial charge in [0.25, 0.3) is 11.6 Å². The van der Waals surface area contributed by atoms with Gasteiger partial charge in [0.1, 0.15) is 0 Å². The summed E-state index contributed by atoms with van der Waals surface area (Å²) in [5, 5.41) is 14.8.